The summed E-state index contributed by atoms with van der Waals surface area (Å²) < 4.78 is 0. The van der Waals surface area contributed by atoms with Gasteiger partial charge in [-0.25, -0.2) is 0 Å². The molecule has 2 aromatic rings. The van der Waals surface area contributed by atoms with Gasteiger partial charge in [-0.3, -0.25) is 0 Å². The maximum absolute atomic E-state index is 2.37. The third-order valence-electron chi connectivity index (χ3n) is 5.08. The average molecular weight is 448 g/mol. The minimum absolute atomic E-state index is 0. The van der Waals surface area contributed by atoms with Crippen LogP contribution >= 0.6 is 0 Å². The van der Waals surface area contributed by atoms with Gasteiger partial charge in [-0.15, -0.1) is 12.0 Å². The molecule has 4 rings (SSSR count). The van der Waals surface area contributed by atoms with Crippen LogP contribution in [0.5, 0.6) is 0 Å². The SMILES string of the molecule is C[C-](CCC1C=Cc2ccccc21)C1C=Cc2ccccc21.[Cl-].[Cl-].[Zr+3]. The maximum Gasteiger partial charge on any atom is 3.00 e. The fourth-order valence-corrected chi connectivity index (χ4v) is 3.79. The number of hydrogen-bond acceptors (Lipinski definition) is 0. The largest absolute Gasteiger partial charge is 3.00 e. The van der Waals surface area contributed by atoms with E-state index in [-0.39, 0.29) is 51.0 Å². The Morgan fingerprint density at radius 1 is 0.800 bits per heavy atom. The van der Waals surface area contributed by atoms with Crippen LogP contribution in [0.25, 0.3) is 12.2 Å². The summed E-state index contributed by atoms with van der Waals surface area (Å²) in [7, 11) is 0. The third kappa shape index (κ3) is 4.57. The monoisotopic (exact) mass is 445 g/mol. The van der Waals surface area contributed by atoms with Gasteiger partial charge in [0.2, 0.25) is 0 Å². The molecule has 0 aromatic heterocycles. The predicted octanol–water partition coefficient (Wildman–Crippen LogP) is -0.0123. The molecule has 2 aromatic carbocycles. The van der Waals surface area contributed by atoms with Crippen LogP contribution in [0.1, 0.15) is 53.9 Å². The van der Waals surface area contributed by atoms with Crippen LogP contribution in [0, 0.1) is 5.92 Å². The summed E-state index contributed by atoms with van der Waals surface area (Å²) >= 11 is 0. The van der Waals surface area contributed by atoms with E-state index in [1.165, 1.54) is 35.1 Å². The normalized spacial score (nSPS) is 18.8. The van der Waals surface area contributed by atoms with Crippen molar-refractivity contribution in [3.8, 4) is 0 Å². The zero-order valence-corrected chi connectivity index (χ0v) is 18.2. The Morgan fingerprint density at radius 2 is 1.36 bits per heavy atom. The molecule has 0 nitrogen and oxygen atoms in total. The Kier molecular flexibility index (Phi) is 8.89. The molecular weight excluding hydrogens is 426 g/mol. The van der Waals surface area contributed by atoms with Crippen LogP contribution in [-0.4, -0.2) is 0 Å². The Labute approximate surface area is 182 Å². The average Bonchev–Trinajstić information content (AvgIpc) is 3.17. The molecule has 0 heterocycles. The minimum Gasteiger partial charge on any atom is -1.00 e. The van der Waals surface area contributed by atoms with Crippen molar-refractivity contribution in [3.05, 3.63) is 88.9 Å². The van der Waals surface area contributed by atoms with Crippen molar-refractivity contribution in [3.63, 3.8) is 0 Å². The quantitative estimate of drug-likeness (QED) is 0.579. The van der Waals surface area contributed by atoms with Gasteiger partial charge in [0.1, 0.15) is 0 Å². The van der Waals surface area contributed by atoms with E-state index in [0.717, 1.165) is 0 Å². The van der Waals surface area contributed by atoms with Crippen LogP contribution in [-0.2, 0) is 26.2 Å². The first kappa shape index (κ1) is 22.4. The summed E-state index contributed by atoms with van der Waals surface area (Å²) in [5.41, 5.74) is 5.76. The van der Waals surface area contributed by atoms with E-state index < -0.39 is 0 Å². The van der Waals surface area contributed by atoms with E-state index in [2.05, 4.69) is 79.8 Å². The zero-order valence-electron chi connectivity index (χ0n) is 14.3. The Morgan fingerprint density at radius 3 is 2.08 bits per heavy atom. The fraction of sp³-hybridized carbons (Fsp3) is 0.227. The summed E-state index contributed by atoms with van der Waals surface area (Å²) in [4.78, 5) is 0. The fourth-order valence-electron chi connectivity index (χ4n) is 3.79. The minimum atomic E-state index is 0. The molecule has 2 aliphatic carbocycles. The first-order chi connectivity index (χ1) is 10.8. The molecule has 2 atom stereocenters. The molecule has 0 spiro atoms. The standard InChI is InChI=1S/C22H21.2ClH.Zr/c1-16(20-15-14-18-7-3-5-9-22(18)20)10-11-19-13-12-17-6-2-4-8-21(17)19;;;/h2-9,12-15,19-20H,10-11H2,1H3;2*1H;/q-1;;;+3/p-2. The Hall–Kier alpha value is -0.617. The van der Waals surface area contributed by atoms with Crippen molar-refractivity contribution in [1.29, 1.82) is 0 Å². The van der Waals surface area contributed by atoms with Gasteiger partial charge in [0.05, 0.1) is 0 Å². The van der Waals surface area contributed by atoms with Crippen molar-refractivity contribution in [2.45, 2.75) is 31.6 Å². The maximum atomic E-state index is 2.37. The Balaban J connectivity index is 0.00000104. The van der Waals surface area contributed by atoms with Gasteiger partial charge in [-0.2, -0.15) is 13.3 Å². The molecule has 25 heavy (non-hydrogen) atoms. The van der Waals surface area contributed by atoms with E-state index in [4.69, 9.17) is 0 Å². The van der Waals surface area contributed by atoms with Gasteiger partial charge < -0.3 is 30.7 Å². The molecule has 3 heteroatoms. The molecule has 1 radical (unpaired) electrons. The molecule has 0 N–H and O–H groups in total. The molecule has 0 bridgehead atoms. The summed E-state index contributed by atoms with van der Waals surface area (Å²) in [6.45, 7) is 2.32. The van der Waals surface area contributed by atoms with Crippen LogP contribution < -0.4 is 24.8 Å². The number of fused-ring (bicyclic) bond motifs is 2. The summed E-state index contributed by atoms with van der Waals surface area (Å²) in [6.07, 6.45) is 11.7. The number of rotatable bonds is 4. The van der Waals surface area contributed by atoms with Gasteiger partial charge in [-0.1, -0.05) is 78.7 Å². The molecule has 0 amide bonds. The second-order valence-corrected chi connectivity index (χ2v) is 6.45. The Bertz CT molecular complexity index is 751. The number of hydrogen-bond donors (Lipinski definition) is 0. The van der Waals surface area contributed by atoms with Gasteiger partial charge >= 0.3 is 26.2 Å². The van der Waals surface area contributed by atoms with Crippen LogP contribution in [0.4, 0.5) is 0 Å². The van der Waals surface area contributed by atoms with E-state index >= 15 is 0 Å². The van der Waals surface area contributed by atoms with Crippen LogP contribution in [0.2, 0.25) is 0 Å². The summed E-state index contributed by atoms with van der Waals surface area (Å²) in [5.74, 6) is 2.68. The van der Waals surface area contributed by atoms with E-state index in [1.54, 1.807) is 5.92 Å². The van der Waals surface area contributed by atoms with Crippen molar-refractivity contribution in [2.75, 3.05) is 0 Å². The number of halogens is 2. The number of allylic oxidation sites excluding steroid dienone is 2. The first-order valence-electron chi connectivity index (χ1n) is 8.19. The van der Waals surface area contributed by atoms with Gasteiger partial charge in [-0.05, 0) is 16.7 Å². The zero-order chi connectivity index (χ0) is 14.9. The molecule has 2 aliphatic rings. The molecule has 0 aliphatic heterocycles. The topological polar surface area (TPSA) is 0 Å². The van der Waals surface area contributed by atoms with Crippen molar-refractivity contribution < 1.29 is 51.0 Å². The van der Waals surface area contributed by atoms with Gasteiger partial charge in [0.15, 0.2) is 0 Å². The first-order valence-corrected chi connectivity index (χ1v) is 8.19. The third-order valence-corrected chi connectivity index (χ3v) is 5.08. The van der Waals surface area contributed by atoms with Crippen LogP contribution in [0.15, 0.2) is 60.7 Å². The molecular formula is C22H21Cl2Zr. The predicted molar refractivity (Wildman–Crippen MR) is 94.6 cm³/mol. The molecule has 0 fully saturated rings. The van der Waals surface area contributed by atoms with Crippen LogP contribution in [0.3, 0.4) is 0 Å². The van der Waals surface area contributed by atoms with Gasteiger partial charge in [0.25, 0.3) is 0 Å². The van der Waals surface area contributed by atoms with E-state index in [1.807, 2.05) is 0 Å². The van der Waals surface area contributed by atoms with E-state index in [0.29, 0.717) is 11.8 Å². The van der Waals surface area contributed by atoms with E-state index in [9.17, 15) is 0 Å². The second kappa shape index (κ2) is 9.91. The molecule has 127 valence electrons. The molecule has 0 saturated carbocycles. The van der Waals surface area contributed by atoms with Crippen molar-refractivity contribution >= 4 is 12.2 Å². The second-order valence-electron chi connectivity index (χ2n) is 6.45. The molecule has 0 saturated heterocycles. The van der Waals surface area contributed by atoms with Gasteiger partial charge in [0, 0.05) is 5.92 Å². The molecule has 2 unspecified atom stereocenters. The van der Waals surface area contributed by atoms with Crippen molar-refractivity contribution in [1.82, 2.24) is 0 Å². The van der Waals surface area contributed by atoms with Crippen molar-refractivity contribution in [2.24, 2.45) is 0 Å². The number of benzene rings is 2. The smallest absolute Gasteiger partial charge is 1.00 e. The summed E-state index contributed by atoms with van der Waals surface area (Å²) in [6, 6.07) is 17.6. The summed E-state index contributed by atoms with van der Waals surface area (Å²) in [5, 5.41) is 0.